The normalized spacial score (nSPS) is 48.0. The minimum Gasteiger partial charge on any atom is -0.395 e. The molecule has 5 nitrogen and oxygen atoms in total. The molecule has 1 rings (SSSR count). The van der Waals surface area contributed by atoms with Crippen LogP contribution in [0.5, 0.6) is 0 Å². The van der Waals surface area contributed by atoms with E-state index >= 15 is 0 Å². The van der Waals surface area contributed by atoms with Crippen LogP contribution >= 0.6 is 0 Å². The van der Waals surface area contributed by atoms with Crippen LogP contribution in [-0.4, -0.2) is 51.5 Å². The SMILES string of the molecule is OC[C@H]1N[C@H](O)[C@H](O)[C@H]1O. The van der Waals surface area contributed by atoms with Gasteiger partial charge in [0.2, 0.25) is 0 Å². The lowest BCUT2D eigenvalue weighted by Gasteiger charge is -2.11. The maximum atomic E-state index is 9.00. The zero-order chi connectivity index (χ0) is 7.72. The van der Waals surface area contributed by atoms with Gasteiger partial charge in [0.15, 0.2) is 0 Å². The first-order valence-electron chi connectivity index (χ1n) is 3.08. The predicted octanol–water partition coefficient (Wildman–Crippen LogP) is -3.01. The molecular formula is C5H11NO4. The predicted molar refractivity (Wildman–Crippen MR) is 32.0 cm³/mol. The molecule has 0 aliphatic carbocycles. The van der Waals surface area contributed by atoms with Gasteiger partial charge < -0.3 is 20.4 Å². The molecule has 0 unspecified atom stereocenters. The number of hydrogen-bond acceptors (Lipinski definition) is 5. The van der Waals surface area contributed by atoms with Crippen molar-refractivity contribution in [1.29, 1.82) is 0 Å². The summed E-state index contributed by atoms with van der Waals surface area (Å²) in [7, 11) is 0. The van der Waals surface area contributed by atoms with Gasteiger partial charge in [-0.1, -0.05) is 0 Å². The van der Waals surface area contributed by atoms with E-state index in [-0.39, 0.29) is 6.61 Å². The molecule has 0 aromatic rings. The molecule has 0 radical (unpaired) electrons. The molecule has 0 spiro atoms. The molecular weight excluding hydrogens is 138 g/mol. The summed E-state index contributed by atoms with van der Waals surface area (Å²) in [4.78, 5) is 0. The third kappa shape index (κ3) is 1.14. The zero-order valence-corrected chi connectivity index (χ0v) is 5.31. The van der Waals surface area contributed by atoms with Gasteiger partial charge in [-0.25, -0.2) is 0 Å². The van der Waals surface area contributed by atoms with Crippen molar-refractivity contribution >= 4 is 0 Å². The average Bonchev–Trinajstić information content (AvgIpc) is 2.17. The molecule has 1 aliphatic heterocycles. The van der Waals surface area contributed by atoms with Crippen molar-refractivity contribution in [3.63, 3.8) is 0 Å². The van der Waals surface area contributed by atoms with E-state index in [4.69, 9.17) is 20.4 Å². The molecule has 0 amide bonds. The summed E-state index contributed by atoms with van der Waals surface area (Å²) in [6, 6.07) is -0.620. The highest BCUT2D eigenvalue weighted by Crippen LogP contribution is 2.11. The van der Waals surface area contributed by atoms with Crippen molar-refractivity contribution < 1.29 is 20.4 Å². The van der Waals surface area contributed by atoms with Crippen LogP contribution in [0.15, 0.2) is 0 Å². The summed E-state index contributed by atoms with van der Waals surface area (Å²) < 4.78 is 0. The molecule has 1 fully saturated rings. The summed E-state index contributed by atoms with van der Waals surface area (Å²) in [5.41, 5.74) is 0. The first-order chi connectivity index (χ1) is 4.66. The van der Waals surface area contributed by atoms with E-state index in [1.165, 1.54) is 0 Å². The molecule has 10 heavy (non-hydrogen) atoms. The van der Waals surface area contributed by atoms with Crippen molar-refractivity contribution in [2.75, 3.05) is 6.61 Å². The number of hydrogen-bond donors (Lipinski definition) is 5. The minimum absolute atomic E-state index is 0.296. The van der Waals surface area contributed by atoms with Crippen molar-refractivity contribution in [1.82, 2.24) is 5.32 Å². The Bertz CT molecular complexity index is 120. The molecule has 0 bridgehead atoms. The van der Waals surface area contributed by atoms with E-state index in [1.54, 1.807) is 0 Å². The van der Waals surface area contributed by atoms with E-state index in [1.807, 2.05) is 0 Å². The van der Waals surface area contributed by atoms with Crippen LogP contribution in [0.1, 0.15) is 0 Å². The van der Waals surface area contributed by atoms with Gasteiger partial charge in [0.05, 0.1) is 12.6 Å². The number of nitrogens with one attached hydrogen (secondary N) is 1. The van der Waals surface area contributed by atoms with Gasteiger partial charge in [-0.3, -0.25) is 5.32 Å². The van der Waals surface area contributed by atoms with Crippen LogP contribution < -0.4 is 5.32 Å². The molecule has 0 aromatic heterocycles. The van der Waals surface area contributed by atoms with Crippen LogP contribution in [0.25, 0.3) is 0 Å². The second kappa shape index (κ2) is 2.81. The van der Waals surface area contributed by atoms with Crippen molar-refractivity contribution in [3.05, 3.63) is 0 Å². The molecule has 5 heteroatoms. The van der Waals surface area contributed by atoms with E-state index in [2.05, 4.69) is 5.32 Å². The lowest BCUT2D eigenvalue weighted by molar-refractivity contribution is -0.0256. The highest BCUT2D eigenvalue weighted by atomic mass is 16.4. The molecule has 1 aliphatic rings. The fourth-order valence-electron chi connectivity index (χ4n) is 1.00. The minimum atomic E-state index is -1.20. The average molecular weight is 149 g/mol. The highest BCUT2D eigenvalue weighted by molar-refractivity contribution is 4.92. The lowest BCUT2D eigenvalue weighted by atomic mass is 10.1. The maximum Gasteiger partial charge on any atom is 0.134 e. The highest BCUT2D eigenvalue weighted by Gasteiger charge is 2.39. The largest absolute Gasteiger partial charge is 0.395 e. The van der Waals surface area contributed by atoms with Gasteiger partial charge in [-0.2, -0.15) is 0 Å². The van der Waals surface area contributed by atoms with Crippen LogP contribution in [0.4, 0.5) is 0 Å². The Morgan fingerprint density at radius 3 is 1.90 bits per heavy atom. The third-order valence-corrected chi connectivity index (χ3v) is 1.67. The first-order valence-corrected chi connectivity index (χ1v) is 3.08. The Morgan fingerprint density at radius 2 is 1.70 bits per heavy atom. The summed E-state index contributed by atoms with van der Waals surface area (Å²) in [5.74, 6) is 0. The van der Waals surface area contributed by atoms with Gasteiger partial charge in [-0.15, -0.1) is 0 Å². The quantitative estimate of drug-likeness (QED) is 0.274. The fourth-order valence-corrected chi connectivity index (χ4v) is 1.00. The second-order valence-electron chi connectivity index (χ2n) is 2.38. The van der Waals surface area contributed by atoms with Crippen molar-refractivity contribution in [2.45, 2.75) is 24.5 Å². The Balaban J connectivity index is 2.53. The lowest BCUT2D eigenvalue weighted by Crippen LogP contribution is -2.36. The molecule has 0 aromatic carbocycles. The molecule has 60 valence electrons. The van der Waals surface area contributed by atoms with Gasteiger partial charge in [0.1, 0.15) is 18.4 Å². The number of aliphatic hydroxyl groups is 4. The van der Waals surface area contributed by atoms with E-state index in [0.717, 1.165) is 0 Å². The van der Waals surface area contributed by atoms with Gasteiger partial charge >= 0.3 is 0 Å². The number of rotatable bonds is 1. The Morgan fingerprint density at radius 1 is 1.10 bits per heavy atom. The second-order valence-corrected chi connectivity index (χ2v) is 2.38. The van der Waals surface area contributed by atoms with Crippen LogP contribution in [0, 0.1) is 0 Å². The smallest absolute Gasteiger partial charge is 0.134 e. The van der Waals surface area contributed by atoms with E-state index in [0.29, 0.717) is 0 Å². The Hall–Kier alpha value is -0.200. The van der Waals surface area contributed by atoms with Gasteiger partial charge in [0, 0.05) is 0 Å². The van der Waals surface area contributed by atoms with Crippen LogP contribution in [-0.2, 0) is 0 Å². The van der Waals surface area contributed by atoms with Crippen LogP contribution in [0.2, 0.25) is 0 Å². The van der Waals surface area contributed by atoms with E-state index < -0.39 is 24.5 Å². The fraction of sp³-hybridized carbons (Fsp3) is 1.00. The van der Waals surface area contributed by atoms with Gasteiger partial charge in [-0.05, 0) is 0 Å². The molecule has 0 saturated carbocycles. The first kappa shape index (κ1) is 7.90. The summed E-state index contributed by atoms with van der Waals surface area (Å²) in [5, 5.41) is 37.7. The summed E-state index contributed by atoms with van der Waals surface area (Å²) in [6.07, 6.45) is -3.41. The third-order valence-electron chi connectivity index (χ3n) is 1.67. The monoisotopic (exact) mass is 149 g/mol. The van der Waals surface area contributed by atoms with Gasteiger partial charge in [0.25, 0.3) is 0 Å². The molecule has 4 atom stereocenters. The maximum absolute atomic E-state index is 9.00. The standard InChI is InChI=1S/C5H11NO4/c7-1-2-3(8)4(9)5(10)6-2/h2-10H,1H2/t2-,3+,4-,5-/m1/s1. The topological polar surface area (TPSA) is 93.0 Å². The van der Waals surface area contributed by atoms with E-state index in [9.17, 15) is 0 Å². The van der Waals surface area contributed by atoms with Crippen molar-refractivity contribution in [2.24, 2.45) is 0 Å². The number of aliphatic hydroxyl groups excluding tert-OH is 4. The molecule has 5 N–H and O–H groups in total. The van der Waals surface area contributed by atoms with Crippen LogP contribution in [0.3, 0.4) is 0 Å². The Kier molecular flexibility index (Phi) is 2.22. The summed E-state index contributed by atoms with van der Waals surface area (Å²) >= 11 is 0. The Labute approximate surface area is 57.9 Å². The summed E-state index contributed by atoms with van der Waals surface area (Å²) in [6.45, 7) is -0.296. The van der Waals surface area contributed by atoms with Crippen molar-refractivity contribution in [3.8, 4) is 0 Å². The molecule has 1 heterocycles. The molecule has 1 saturated heterocycles. The zero-order valence-electron chi connectivity index (χ0n) is 5.31.